The molecule has 0 bridgehead atoms. The zero-order valence-electron chi connectivity index (χ0n) is 9.51. The first-order valence-corrected chi connectivity index (χ1v) is 7.37. The smallest absolute Gasteiger partial charge is 0.151 e. The lowest BCUT2D eigenvalue weighted by Gasteiger charge is -2.06. The van der Waals surface area contributed by atoms with Crippen LogP contribution in [0.3, 0.4) is 0 Å². The number of nitrogens with one attached hydrogen (secondary N) is 1. The third-order valence-electron chi connectivity index (χ3n) is 2.21. The Kier molecular flexibility index (Phi) is 4.83. The Morgan fingerprint density at radius 3 is 2.71 bits per heavy atom. The van der Waals surface area contributed by atoms with Gasteiger partial charge in [0.2, 0.25) is 0 Å². The largest absolute Gasteiger partial charge is 0.389 e. The zero-order valence-corrected chi connectivity index (χ0v) is 11.1. The van der Waals surface area contributed by atoms with Crippen LogP contribution in [-0.2, 0) is 9.84 Å². The number of aromatic nitrogens is 1. The molecule has 7 heteroatoms. The van der Waals surface area contributed by atoms with Crippen molar-refractivity contribution in [3.05, 3.63) is 23.9 Å². The first-order valence-electron chi connectivity index (χ1n) is 5.15. The number of nitrogens with zero attached hydrogens (tertiary/aromatic N) is 1. The maximum Gasteiger partial charge on any atom is 0.151 e. The minimum atomic E-state index is -2.94. The maximum atomic E-state index is 11.2. The predicted molar refractivity (Wildman–Crippen MR) is 72.9 cm³/mol. The molecule has 5 nitrogen and oxygen atoms in total. The minimum Gasteiger partial charge on any atom is -0.389 e. The minimum absolute atomic E-state index is 0.0994. The van der Waals surface area contributed by atoms with Gasteiger partial charge in [0.05, 0.1) is 5.75 Å². The standard InChI is InChI=1S/C10H15N3O2S2/c1-2-17(14,15)6-5-12-9-4-3-8(7-13-9)10(11)16/h3-4,7H,2,5-6H2,1H3,(H2,11,16)(H,12,13). The number of hydrogen-bond donors (Lipinski definition) is 2. The fourth-order valence-corrected chi connectivity index (χ4v) is 1.95. The number of nitrogens with two attached hydrogens (primary N) is 1. The van der Waals surface area contributed by atoms with E-state index >= 15 is 0 Å². The van der Waals surface area contributed by atoms with Gasteiger partial charge in [0.1, 0.15) is 10.8 Å². The number of pyridine rings is 1. The summed E-state index contributed by atoms with van der Waals surface area (Å²) < 4.78 is 22.5. The van der Waals surface area contributed by atoms with Gasteiger partial charge < -0.3 is 11.1 Å². The highest BCUT2D eigenvalue weighted by Crippen LogP contribution is 2.04. The summed E-state index contributed by atoms with van der Waals surface area (Å²) in [7, 11) is -2.94. The van der Waals surface area contributed by atoms with Gasteiger partial charge in [-0.05, 0) is 12.1 Å². The second kappa shape index (κ2) is 5.92. The molecule has 0 amide bonds. The third kappa shape index (κ3) is 4.66. The number of hydrogen-bond acceptors (Lipinski definition) is 5. The van der Waals surface area contributed by atoms with Gasteiger partial charge in [-0.15, -0.1) is 0 Å². The van der Waals surface area contributed by atoms with Gasteiger partial charge in [0, 0.05) is 24.1 Å². The lowest BCUT2D eigenvalue weighted by molar-refractivity contribution is 0.597. The summed E-state index contributed by atoms with van der Waals surface area (Å²) in [5.74, 6) is 0.862. The van der Waals surface area contributed by atoms with Gasteiger partial charge in [-0.3, -0.25) is 0 Å². The Morgan fingerprint density at radius 2 is 2.24 bits per heavy atom. The first kappa shape index (κ1) is 13.9. The van der Waals surface area contributed by atoms with E-state index in [1.54, 1.807) is 25.3 Å². The molecule has 0 spiro atoms. The molecule has 3 N–H and O–H groups in total. The monoisotopic (exact) mass is 273 g/mol. The molecule has 17 heavy (non-hydrogen) atoms. The molecule has 94 valence electrons. The quantitative estimate of drug-likeness (QED) is 0.737. The third-order valence-corrected chi connectivity index (χ3v) is 4.15. The summed E-state index contributed by atoms with van der Waals surface area (Å²) in [6.07, 6.45) is 1.55. The van der Waals surface area contributed by atoms with Crippen molar-refractivity contribution in [1.82, 2.24) is 4.98 Å². The van der Waals surface area contributed by atoms with E-state index in [4.69, 9.17) is 18.0 Å². The van der Waals surface area contributed by atoms with Crippen molar-refractivity contribution >= 4 is 32.9 Å². The van der Waals surface area contributed by atoms with E-state index in [0.717, 1.165) is 0 Å². The number of anilines is 1. The van der Waals surface area contributed by atoms with Crippen molar-refractivity contribution in [3.63, 3.8) is 0 Å². The molecule has 0 aliphatic rings. The highest BCUT2D eigenvalue weighted by molar-refractivity contribution is 7.91. The average molecular weight is 273 g/mol. The summed E-state index contributed by atoms with van der Waals surface area (Å²) in [4.78, 5) is 4.36. The summed E-state index contributed by atoms with van der Waals surface area (Å²) in [6.45, 7) is 1.97. The highest BCUT2D eigenvalue weighted by Gasteiger charge is 2.06. The van der Waals surface area contributed by atoms with Crippen LogP contribution in [0.15, 0.2) is 18.3 Å². The average Bonchev–Trinajstić information content (AvgIpc) is 2.29. The molecular formula is C10H15N3O2S2. The van der Waals surface area contributed by atoms with E-state index in [0.29, 0.717) is 17.9 Å². The second-order valence-corrected chi connectivity index (χ2v) is 6.37. The van der Waals surface area contributed by atoms with Gasteiger partial charge >= 0.3 is 0 Å². The fourth-order valence-electron chi connectivity index (χ4n) is 1.12. The number of sulfone groups is 1. The van der Waals surface area contributed by atoms with Gasteiger partial charge in [-0.1, -0.05) is 19.1 Å². The van der Waals surface area contributed by atoms with Crippen molar-refractivity contribution in [1.29, 1.82) is 0 Å². The predicted octanol–water partition coefficient (Wildman–Crippen LogP) is 0.562. The molecule has 1 heterocycles. The molecule has 0 aliphatic carbocycles. The molecule has 0 aromatic carbocycles. The second-order valence-electron chi connectivity index (χ2n) is 3.46. The van der Waals surface area contributed by atoms with Gasteiger partial charge in [-0.25, -0.2) is 13.4 Å². The number of thiocarbonyl (C=S) groups is 1. The van der Waals surface area contributed by atoms with Gasteiger partial charge in [0.25, 0.3) is 0 Å². The van der Waals surface area contributed by atoms with Crippen LogP contribution in [0.4, 0.5) is 5.82 Å². The van der Waals surface area contributed by atoms with E-state index in [1.807, 2.05) is 0 Å². The Hall–Kier alpha value is -1.21. The Bertz CT molecular complexity index is 483. The van der Waals surface area contributed by atoms with Crippen LogP contribution in [0.1, 0.15) is 12.5 Å². The molecule has 0 atom stereocenters. The molecule has 1 aromatic rings. The van der Waals surface area contributed by atoms with Crippen molar-refractivity contribution in [3.8, 4) is 0 Å². The summed E-state index contributed by atoms with van der Waals surface area (Å²) in [5.41, 5.74) is 6.12. The molecule has 0 radical (unpaired) electrons. The highest BCUT2D eigenvalue weighted by atomic mass is 32.2. The van der Waals surface area contributed by atoms with Crippen LogP contribution in [0.5, 0.6) is 0 Å². The van der Waals surface area contributed by atoms with Gasteiger partial charge in [0.15, 0.2) is 9.84 Å². The van der Waals surface area contributed by atoms with Crippen molar-refractivity contribution in [2.75, 3.05) is 23.4 Å². The van der Waals surface area contributed by atoms with E-state index in [9.17, 15) is 8.42 Å². The van der Waals surface area contributed by atoms with Crippen LogP contribution in [0, 0.1) is 0 Å². The Balaban J connectivity index is 2.51. The summed E-state index contributed by atoms with van der Waals surface area (Å²) >= 11 is 4.80. The lowest BCUT2D eigenvalue weighted by atomic mass is 10.3. The molecule has 1 aromatic heterocycles. The molecule has 0 aliphatic heterocycles. The van der Waals surface area contributed by atoms with Crippen LogP contribution in [-0.4, -0.2) is 36.4 Å². The van der Waals surface area contributed by atoms with Crippen molar-refractivity contribution in [2.24, 2.45) is 5.73 Å². The van der Waals surface area contributed by atoms with Crippen molar-refractivity contribution in [2.45, 2.75) is 6.92 Å². The molecule has 0 saturated heterocycles. The zero-order chi connectivity index (χ0) is 12.9. The topological polar surface area (TPSA) is 85.1 Å². The number of rotatable bonds is 6. The van der Waals surface area contributed by atoms with Crippen LogP contribution in [0.25, 0.3) is 0 Å². The van der Waals surface area contributed by atoms with E-state index in [2.05, 4.69) is 10.3 Å². The summed E-state index contributed by atoms with van der Waals surface area (Å²) in [6, 6.07) is 3.46. The molecule has 0 fully saturated rings. The molecular weight excluding hydrogens is 258 g/mol. The van der Waals surface area contributed by atoms with Gasteiger partial charge in [-0.2, -0.15) is 0 Å². The van der Waals surface area contributed by atoms with E-state index in [-0.39, 0.29) is 16.5 Å². The van der Waals surface area contributed by atoms with E-state index < -0.39 is 9.84 Å². The van der Waals surface area contributed by atoms with Crippen LogP contribution in [0.2, 0.25) is 0 Å². The van der Waals surface area contributed by atoms with Crippen molar-refractivity contribution < 1.29 is 8.42 Å². The maximum absolute atomic E-state index is 11.2. The van der Waals surface area contributed by atoms with E-state index in [1.165, 1.54) is 0 Å². The van der Waals surface area contributed by atoms with Crippen LogP contribution >= 0.6 is 12.2 Å². The lowest BCUT2D eigenvalue weighted by Crippen LogP contribution is -2.17. The first-order chi connectivity index (χ1) is 7.94. The molecule has 0 unspecified atom stereocenters. The molecule has 1 rings (SSSR count). The Morgan fingerprint density at radius 1 is 1.53 bits per heavy atom. The molecule has 0 saturated carbocycles. The Labute approximate surface area is 106 Å². The normalized spacial score (nSPS) is 11.1. The summed E-state index contributed by atoms with van der Waals surface area (Å²) in [5, 5.41) is 2.93. The van der Waals surface area contributed by atoms with Crippen LogP contribution < -0.4 is 11.1 Å². The SMILES string of the molecule is CCS(=O)(=O)CCNc1ccc(C(N)=S)cn1. The fraction of sp³-hybridized carbons (Fsp3) is 0.400.